The van der Waals surface area contributed by atoms with E-state index in [2.05, 4.69) is 4.99 Å². The lowest BCUT2D eigenvalue weighted by Crippen LogP contribution is -2.36. The van der Waals surface area contributed by atoms with Gasteiger partial charge in [-0.05, 0) is 18.6 Å². The van der Waals surface area contributed by atoms with E-state index in [1.165, 1.54) is 0 Å². The van der Waals surface area contributed by atoms with Gasteiger partial charge in [-0.1, -0.05) is 0 Å². The van der Waals surface area contributed by atoms with Gasteiger partial charge < -0.3 is 10.0 Å². The van der Waals surface area contributed by atoms with Gasteiger partial charge in [0.15, 0.2) is 0 Å². The fraction of sp³-hybridized carbons (Fsp3) is 0.333. The van der Waals surface area contributed by atoms with Crippen molar-refractivity contribution in [2.24, 2.45) is 4.99 Å². The van der Waals surface area contributed by atoms with Gasteiger partial charge in [-0.15, -0.1) is 0 Å². The second-order valence-electron chi connectivity index (χ2n) is 2.98. The number of carboxylic acid groups (broad SMARTS) is 1. The molecule has 0 atom stereocenters. The lowest BCUT2D eigenvalue weighted by Gasteiger charge is -2.28. The average Bonchev–Trinajstić information content (AvgIpc) is 2.17. The Hall–Kier alpha value is -1.58. The van der Waals surface area contributed by atoms with Crippen LogP contribution in [0.15, 0.2) is 28.9 Å². The number of carboxylic acids is 1. The van der Waals surface area contributed by atoms with Crippen LogP contribution in [0.5, 0.6) is 0 Å². The Bertz CT molecular complexity index is 329. The number of nitrogens with zero attached hydrogens (tertiary/aromatic N) is 2. The van der Waals surface area contributed by atoms with E-state index >= 15 is 0 Å². The molecule has 0 spiro atoms. The van der Waals surface area contributed by atoms with Crippen molar-refractivity contribution >= 4 is 11.8 Å². The van der Waals surface area contributed by atoms with Crippen LogP contribution in [0.25, 0.3) is 0 Å². The van der Waals surface area contributed by atoms with Gasteiger partial charge in [0, 0.05) is 19.3 Å². The number of carbonyl (C=O) groups is 1. The van der Waals surface area contributed by atoms with Crippen molar-refractivity contribution < 1.29 is 9.90 Å². The van der Waals surface area contributed by atoms with E-state index < -0.39 is 5.97 Å². The number of rotatable bonds is 1. The first kappa shape index (κ1) is 8.04. The standard InChI is InChI=1S/C9H10N2O2/c12-9(13)7-3-1-5-11-6-2-4-10-8(7)11/h1,3,5H,2,4,6H2,(H,12,13). The molecule has 0 aliphatic carbocycles. The molecule has 0 saturated heterocycles. The van der Waals surface area contributed by atoms with Gasteiger partial charge in [0.2, 0.25) is 0 Å². The zero-order valence-electron chi connectivity index (χ0n) is 7.10. The largest absolute Gasteiger partial charge is 0.478 e. The van der Waals surface area contributed by atoms with E-state index in [9.17, 15) is 4.79 Å². The summed E-state index contributed by atoms with van der Waals surface area (Å²) in [6, 6.07) is 0. The highest BCUT2D eigenvalue weighted by Crippen LogP contribution is 2.15. The number of hydrogen-bond donors (Lipinski definition) is 1. The maximum Gasteiger partial charge on any atom is 0.339 e. The number of allylic oxidation sites excluding steroid dienone is 2. The molecule has 2 aliphatic rings. The van der Waals surface area contributed by atoms with E-state index in [-0.39, 0.29) is 0 Å². The van der Waals surface area contributed by atoms with Crippen LogP contribution in [0.1, 0.15) is 6.42 Å². The Labute approximate surface area is 75.9 Å². The molecule has 4 heteroatoms. The van der Waals surface area contributed by atoms with Crippen molar-refractivity contribution in [3.05, 3.63) is 23.9 Å². The molecule has 2 heterocycles. The van der Waals surface area contributed by atoms with Crippen LogP contribution in [-0.2, 0) is 4.79 Å². The summed E-state index contributed by atoms with van der Waals surface area (Å²) in [7, 11) is 0. The third-order valence-electron chi connectivity index (χ3n) is 2.09. The number of amidine groups is 1. The van der Waals surface area contributed by atoms with Crippen molar-refractivity contribution in [2.75, 3.05) is 13.1 Å². The van der Waals surface area contributed by atoms with Crippen LogP contribution in [0.3, 0.4) is 0 Å². The maximum atomic E-state index is 10.8. The predicted molar refractivity (Wildman–Crippen MR) is 48.5 cm³/mol. The van der Waals surface area contributed by atoms with Gasteiger partial charge in [0.05, 0.1) is 0 Å². The van der Waals surface area contributed by atoms with Crippen molar-refractivity contribution in [1.82, 2.24) is 4.90 Å². The van der Waals surface area contributed by atoms with E-state index in [0.717, 1.165) is 19.5 Å². The van der Waals surface area contributed by atoms with Gasteiger partial charge >= 0.3 is 5.97 Å². The number of fused-ring (bicyclic) bond motifs is 1. The minimum absolute atomic E-state index is 0.294. The Kier molecular flexibility index (Phi) is 1.88. The molecule has 68 valence electrons. The molecule has 2 aliphatic heterocycles. The Morgan fingerprint density at radius 2 is 2.46 bits per heavy atom. The predicted octanol–water partition coefficient (Wildman–Crippen LogP) is 0.629. The summed E-state index contributed by atoms with van der Waals surface area (Å²) >= 11 is 0. The fourth-order valence-electron chi connectivity index (χ4n) is 1.49. The monoisotopic (exact) mass is 178 g/mol. The normalized spacial score (nSPS) is 20.5. The van der Waals surface area contributed by atoms with Crippen LogP contribution in [0.2, 0.25) is 0 Å². The van der Waals surface area contributed by atoms with Crippen molar-refractivity contribution in [1.29, 1.82) is 0 Å². The molecule has 2 rings (SSSR count). The first-order chi connectivity index (χ1) is 6.29. The molecule has 0 aromatic rings. The summed E-state index contributed by atoms with van der Waals surface area (Å²) in [6.45, 7) is 1.59. The smallest absolute Gasteiger partial charge is 0.339 e. The molecule has 0 radical (unpaired) electrons. The minimum atomic E-state index is -0.907. The molecular weight excluding hydrogens is 168 g/mol. The lowest BCUT2D eigenvalue weighted by molar-refractivity contribution is -0.132. The topological polar surface area (TPSA) is 52.9 Å². The quantitative estimate of drug-likeness (QED) is 0.640. The van der Waals surface area contributed by atoms with E-state index in [4.69, 9.17) is 5.11 Å². The first-order valence-electron chi connectivity index (χ1n) is 4.22. The number of hydrogen-bond acceptors (Lipinski definition) is 3. The molecule has 0 amide bonds. The zero-order valence-corrected chi connectivity index (χ0v) is 7.10. The highest BCUT2D eigenvalue weighted by Gasteiger charge is 2.23. The van der Waals surface area contributed by atoms with Crippen molar-refractivity contribution in [3.8, 4) is 0 Å². The molecule has 0 aromatic carbocycles. The van der Waals surface area contributed by atoms with E-state index in [1.54, 1.807) is 12.2 Å². The van der Waals surface area contributed by atoms with Crippen LogP contribution >= 0.6 is 0 Å². The zero-order chi connectivity index (χ0) is 9.26. The number of aliphatic imine (C=N–C) groups is 1. The van der Waals surface area contributed by atoms with Gasteiger partial charge in [-0.3, -0.25) is 4.99 Å². The minimum Gasteiger partial charge on any atom is -0.478 e. The van der Waals surface area contributed by atoms with Gasteiger partial charge in [0.1, 0.15) is 11.4 Å². The molecule has 0 fully saturated rings. The van der Waals surface area contributed by atoms with Crippen LogP contribution in [0.4, 0.5) is 0 Å². The molecule has 13 heavy (non-hydrogen) atoms. The molecule has 0 aromatic heterocycles. The SMILES string of the molecule is O=C(O)C1=CC=CN2CCCN=C12. The highest BCUT2D eigenvalue weighted by atomic mass is 16.4. The lowest BCUT2D eigenvalue weighted by atomic mass is 10.1. The van der Waals surface area contributed by atoms with Gasteiger partial charge in [-0.2, -0.15) is 0 Å². The molecule has 0 bridgehead atoms. The third kappa shape index (κ3) is 1.35. The highest BCUT2D eigenvalue weighted by molar-refractivity contribution is 6.19. The molecule has 1 N–H and O–H groups in total. The summed E-state index contributed by atoms with van der Waals surface area (Å²) < 4.78 is 0. The van der Waals surface area contributed by atoms with Crippen molar-refractivity contribution in [3.63, 3.8) is 0 Å². The van der Waals surface area contributed by atoms with Crippen LogP contribution < -0.4 is 0 Å². The summed E-state index contributed by atoms with van der Waals surface area (Å²) in [4.78, 5) is 16.9. The average molecular weight is 178 g/mol. The van der Waals surface area contributed by atoms with Crippen LogP contribution in [-0.4, -0.2) is 34.9 Å². The van der Waals surface area contributed by atoms with Crippen LogP contribution in [0, 0.1) is 0 Å². The number of aliphatic carboxylic acids is 1. The molecule has 0 unspecified atom stereocenters. The summed E-state index contributed by atoms with van der Waals surface area (Å²) in [6.07, 6.45) is 6.18. The van der Waals surface area contributed by atoms with Gasteiger partial charge in [0.25, 0.3) is 0 Å². The van der Waals surface area contributed by atoms with E-state index in [0.29, 0.717) is 11.4 Å². The van der Waals surface area contributed by atoms with Crippen molar-refractivity contribution in [2.45, 2.75) is 6.42 Å². The summed E-state index contributed by atoms with van der Waals surface area (Å²) in [5.41, 5.74) is 0.294. The third-order valence-corrected chi connectivity index (χ3v) is 2.09. The second kappa shape index (κ2) is 3.05. The molecule has 0 saturated carbocycles. The molecule has 4 nitrogen and oxygen atoms in total. The second-order valence-corrected chi connectivity index (χ2v) is 2.98. The summed E-state index contributed by atoms with van der Waals surface area (Å²) in [5.74, 6) is -0.309. The maximum absolute atomic E-state index is 10.8. The Balaban J connectivity index is 2.37. The van der Waals surface area contributed by atoms with E-state index in [1.807, 2.05) is 11.1 Å². The fourth-order valence-corrected chi connectivity index (χ4v) is 1.49. The van der Waals surface area contributed by atoms with Gasteiger partial charge in [-0.25, -0.2) is 4.79 Å². The Morgan fingerprint density at radius 1 is 1.62 bits per heavy atom. The Morgan fingerprint density at radius 3 is 3.23 bits per heavy atom. The molecular formula is C9H10N2O2. The summed E-state index contributed by atoms with van der Waals surface area (Å²) in [5, 5.41) is 8.87. The first-order valence-corrected chi connectivity index (χ1v) is 4.22.